The van der Waals surface area contributed by atoms with Crippen molar-refractivity contribution in [2.45, 2.75) is 25.7 Å². The molecule has 0 saturated carbocycles. The summed E-state index contributed by atoms with van der Waals surface area (Å²) < 4.78 is 12.6. The lowest BCUT2D eigenvalue weighted by molar-refractivity contribution is 0.0915. The first-order valence-corrected chi connectivity index (χ1v) is 8.41. The fourth-order valence-electron chi connectivity index (χ4n) is 3.02. The van der Waals surface area contributed by atoms with E-state index in [4.69, 9.17) is 26.2 Å². The summed E-state index contributed by atoms with van der Waals surface area (Å²) in [5.41, 5.74) is 2.49. The van der Waals surface area contributed by atoms with Gasteiger partial charge in [0.1, 0.15) is 17.6 Å². The van der Waals surface area contributed by atoms with Gasteiger partial charge in [0.05, 0.1) is 43.8 Å². The number of aliphatic hydroxyl groups is 2. The molecular formula is C17H22ClN3O4. The lowest BCUT2D eigenvalue weighted by Crippen LogP contribution is -2.33. The molecule has 0 amide bonds. The number of fused-ring (bicyclic) bond motifs is 1. The van der Waals surface area contributed by atoms with Crippen LogP contribution in [-0.4, -0.2) is 52.3 Å². The summed E-state index contributed by atoms with van der Waals surface area (Å²) in [6.45, 7) is 2.57. The summed E-state index contributed by atoms with van der Waals surface area (Å²) in [6.07, 6.45) is -0.938. The summed E-state index contributed by atoms with van der Waals surface area (Å²) in [7, 11) is 3.20. The van der Waals surface area contributed by atoms with Crippen LogP contribution in [0.5, 0.6) is 11.5 Å². The number of aliphatic hydroxyl groups excluding tert-OH is 2. The highest BCUT2D eigenvalue weighted by Gasteiger charge is 2.22. The van der Waals surface area contributed by atoms with Gasteiger partial charge in [-0.05, 0) is 12.1 Å². The highest BCUT2D eigenvalue weighted by molar-refractivity contribution is 6.32. The van der Waals surface area contributed by atoms with Crippen LogP contribution in [0.25, 0.3) is 0 Å². The number of rotatable bonds is 6. The molecule has 2 aromatic rings. The second kappa shape index (κ2) is 7.61. The second-order valence-electron chi connectivity index (χ2n) is 5.99. The van der Waals surface area contributed by atoms with Crippen LogP contribution in [0.1, 0.15) is 23.1 Å². The van der Waals surface area contributed by atoms with E-state index in [-0.39, 0.29) is 6.61 Å². The van der Waals surface area contributed by atoms with Crippen LogP contribution in [0.2, 0.25) is 5.02 Å². The van der Waals surface area contributed by atoms with Crippen molar-refractivity contribution in [3.05, 3.63) is 40.2 Å². The molecule has 25 heavy (non-hydrogen) atoms. The number of aromatic nitrogens is 2. The van der Waals surface area contributed by atoms with Crippen molar-refractivity contribution in [2.75, 3.05) is 27.4 Å². The van der Waals surface area contributed by atoms with Crippen molar-refractivity contribution < 1.29 is 19.7 Å². The Morgan fingerprint density at radius 1 is 1.20 bits per heavy atom. The molecule has 1 aliphatic heterocycles. The van der Waals surface area contributed by atoms with Crippen LogP contribution in [-0.2, 0) is 19.6 Å². The first kappa shape index (κ1) is 18.0. The molecule has 7 nitrogen and oxygen atoms in total. The van der Waals surface area contributed by atoms with E-state index in [2.05, 4.69) is 10.00 Å². The summed E-state index contributed by atoms with van der Waals surface area (Å²) in [5.74, 6) is 1.32. The molecule has 0 radical (unpaired) electrons. The van der Waals surface area contributed by atoms with E-state index < -0.39 is 6.10 Å². The summed E-state index contributed by atoms with van der Waals surface area (Å²) in [5, 5.41) is 23.7. The third-order valence-electron chi connectivity index (χ3n) is 4.36. The van der Waals surface area contributed by atoms with Crippen molar-refractivity contribution in [1.29, 1.82) is 0 Å². The lowest BCUT2D eigenvalue weighted by Gasteiger charge is -2.28. The van der Waals surface area contributed by atoms with Crippen LogP contribution in [0.15, 0.2) is 18.2 Å². The molecule has 1 aliphatic rings. The number of benzene rings is 1. The molecule has 2 heterocycles. The van der Waals surface area contributed by atoms with Gasteiger partial charge in [-0.1, -0.05) is 11.6 Å². The Kier molecular flexibility index (Phi) is 5.48. The van der Waals surface area contributed by atoms with Gasteiger partial charge in [0.2, 0.25) is 0 Å². The number of methoxy groups -OCH3 is 2. The molecule has 136 valence electrons. The van der Waals surface area contributed by atoms with Gasteiger partial charge in [0, 0.05) is 31.3 Å². The number of nitrogens with zero attached hydrogens (tertiary/aromatic N) is 3. The zero-order valence-electron chi connectivity index (χ0n) is 14.3. The fourth-order valence-corrected chi connectivity index (χ4v) is 3.28. The predicted octanol–water partition coefficient (Wildman–Crippen LogP) is 1.60. The van der Waals surface area contributed by atoms with Gasteiger partial charge in [0.25, 0.3) is 0 Å². The molecule has 1 aromatic carbocycles. The minimum absolute atomic E-state index is 0.332. The molecule has 0 saturated heterocycles. The van der Waals surface area contributed by atoms with Crippen LogP contribution < -0.4 is 9.47 Å². The lowest BCUT2D eigenvalue weighted by atomic mass is 10.1. The van der Waals surface area contributed by atoms with Crippen LogP contribution in [0.4, 0.5) is 0 Å². The number of hydrogen-bond donors (Lipinski definition) is 2. The Bertz CT molecular complexity index is 750. The van der Waals surface area contributed by atoms with Gasteiger partial charge in [-0.3, -0.25) is 9.58 Å². The van der Waals surface area contributed by atoms with E-state index in [1.807, 2.05) is 16.8 Å². The summed E-state index contributed by atoms with van der Waals surface area (Å²) in [6, 6.07) is 5.50. The Hall–Kier alpha value is -1.80. The third kappa shape index (κ3) is 3.74. The van der Waals surface area contributed by atoms with E-state index in [0.717, 1.165) is 30.1 Å². The average molecular weight is 368 g/mol. The average Bonchev–Trinajstić information content (AvgIpc) is 3.04. The van der Waals surface area contributed by atoms with E-state index in [9.17, 15) is 5.11 Å². The molecule has 1 atom stereocenters. The quantitative estimate of drug-likeness (QED) is 0.807. The second-order valence-corrected chi connectivity index (χ2v) is 6.40. The molecule has 8 heteroatoms. The molecule has 0 aliphatic carbocycles. The van der Waals surface area contributed by atoms with E-state index in [1.54, 1.807) is 20.3 Å². The van der Waals surface area contributed by atoms with Gasteiger partial charge >= 0.3 is 0 Å². The van der Waals surface area contributed by atoms with Crippen molar-refractivity contribution in [2.24, 2.45) is 0 Å². The zero-order chi connectivity index (χ0) is 18.0. The Morgan fingerprint density at radius 2 is 1.96 bits per heavy atom. The minimum atomic E-state index is -0.938. The Labute approximate surface area is 151 Å². The molecule has 0 unspecified atom stereocenters. The number of halogens is 1. The molecule has 0 fully saturated rings. The van der Waals surface area contributed by atoms with E-state index >= 15 is 0 Å². The monoisotopic (exact) mass is 367 g/mol. The Balaban J connectivity index is 1.77. The first-order chi connectivity index (χ1) is 12.0. The molecule has 0 spiro atoms. The van der Waals surface area contributed by atoms with Crippen molar-refractivity contribution >= 4 is 11.6 Å². The maximum atomic E-state index is 9.75. The standard InChI is InChI=1S/C17H22ClN3O4/c1-24-16-7-17(25-2)13(18)5-11(16)8-20-3-4-21-12(9-20)6-14(19-21)15(23)10-22/h5-7,15,22-23H,3-4,8-10H2,1-2H3/t15-/m1/s1. The molecule has 1 aromatic heterocycles. The van der Waals surface area contributed by atoms with Gasteiger partial charge < -0.3 is 19.7 Å². The molecule has 0 bridgehead atoms. The highest BCUT2D eigenvalue weighted by atomic mass is 35.5. The van der Waals surface area contributed by atoms with Gasteiger partial charge in [-0.15, -0.1) is 0 Å². The van der Waals surface area contributed by atoms with E-state index in [0.29, 0.717) is 29.6 Å². The van der Waals surface area contributed by atoms with Crippen molar-refractivity contribution in [1.82, 2.24) is 14.7 Å². The summed E-state index contributed by atoms with van der Waals surface area (Å²) >= 11 is 6.25. The maximum absolute atomic E-state index is 9.75. The highest BCUT2D eigenvalue weighted by Crippen LogP contribution is 2.33. The Morgan fingerprint density at radius 3 is 2.64 bits per heavy atom. The van der Waals surface area contributed by atoms with Crippen molar-refractivity contribution in [3.63, 3.8) is 0 Å². The summed E-state index contributed by atoms with van der Waals surface area (Å²) in [4.78, 5) is 2.26. The van der Waals surface area contributed by atoms with Crippen LogP contribution in [0, 0.1) is 0 Å². The fraction of sp³-hybridized carbons (Fsp3) is 0.471. The molecule has 3 rings (SSSR count). The predicted molar refractivity (Wildman–Crippen MR) is 92.9 cm³/mol. The SMILES string of the molecule is COc1cc(OC)c(CN2CCn3nc([C@H](O)CO)cc3C2)cc1Cl. The number of ether oxygens (including phenoxy) is 2. The van der Waals surface area contributed by atoms with Crippen molar-refractivity contribution in [3.8, 4) is 11.5 Å². The zero-order valence-corrected chi connectivity index (χ0v) is 15.0. The van der Waals surface area contributed by atoms with Gasteiger partial charge in [-0.25, -0.2) is 0 Å². The minimum Gasteiger partial charge on any atom is -0.496 e. The van der Waals surface area contributed by atoms with Gasteiger partial charge in [-0.2, -0.15) is 5.10 Å². The van der Waals surface area contributed by atoms with E-state index in [1.165, 1.54) is 0 Å². The number of hydrogen-bond acceptors (Lipinski definition) is 6. The third-order valence-corrected chi connectivity index (χ3v) is 4.65. The smallest absolute Gasteiger partial charge is 0.141 e. The maximum Gasteiger partial charge on any atom is 0.141 e. The normalized spacial score (nSPS) is 15.7. The topological polar surface area (TPSA) is 80.0 Å². The molecular weight excluding hydrogens is 346 g/mol. The molecule has 2 N–H and O–H groups in total. The largest absolute Gasteiger partial charge is 0.496 e. The van der Waals surface area contributed by atoms with Crippen LogP contribution in [0.3, 0.4) is 0 Å². The van der Waals surface area contributed by atoms with Gasteiger partial charge in [0.15, 0.2) is 0 Å². The first-order valence-electron chi connectivity index (χ1n) is 8.04. The van der Waals surface area contributed by atoms with Crippen LogP contribution >= 0.6 is 11.6 Å².